The number of benzene rings is 1. The van der Waals surface area contributed by atoms with Crippen LogP contribution in [0.1, 0.15) is 30.0 Å². The predicted octanol–water partition coefficient (Wildman–Crippen LogP) is 1.89. The van der Waals surface area contributed by atoms with E-state index in [1.807, 2.05) is 19.1 Å². The van der Waals surface area contributed by atoms with Crippen molar-refractivity contribution >= 4 is 21.6 Å². The lowest BCUT2D eigenvalue weighted by atomic mass is 9.95. The number of rotatable bonds is 5. The topological polar surface area (TPSA) is 86.4 Å². The molecular formula is C18H24N4O3S. The molecule has 1 amide bonds. The molecule has 8 heteroatoms. The second-order valence-electron chi connectivity index (χ2n) is 6.80. The first kappa shape index (κ1) is 18.4. The highest BCUT2D eigenvalue weighted by atomic mass is 32.2. The van der Waals surface area contributed by atoms with Crippen molar-refractivity contribution in [3.05, 3.63) is 47.8 Å². The third-order valence-electron chi connectivity index (χ3n) is 4.71. The number of anilines is 1. The van der Waals surface area contributed by atoms with Crippen LogP contribution in [0.2, 0.25) is 0 Å². The maximum absolute atomic E-state index is 12.8. The van der Waals surface area contributed by atoms with Crippen LogP contribution in [-0.4, -0.2) is 55.3 Å². The molecule has 0 bridgehead atoms. The molecule has 1 unspecified atom stereocenters. The number of piperidine rings is 1. The number of aryl methyl sites for hydroxylation is 1. The van der Waals surface area contributed by atoms with Crippen molar-refractivity contribution in [2.45, 2.75) is 25.7 Å². The van der Waals surface area contributed by atoms with Gasteiger partial charge in [0.2, 0.25) is 15.9 Å². The molecule has 0 spiro atoms. The van der Waals surface area contributed by atoms with E-state index in [-0.39, 0.29) is 18.4 Å². The third-order valence-corrected chi connectivity index (χ3v) is 5.85. The lowest BCUT2D eigenvalue weighted by Gasteiger charge is -2.34. The fourth-order valence-corrected chi connectivity index (χ4v) is 4.20. The summed E-state index contributed by atoms with van der Waals surface area (Å²) in [5.74, 6) is 0.0296. The van der Waals surface area contributed by atoms with Crippen molar-refractivity contribution in [2.24, 2.45) is 0 Å². The van der Waals surface area contributed by atoms with Crippen molar-refractivity contribution in [3.63, 3.8) is 0 Å². The Morgan fingerprint density at radius 1 is 1.38 bits per heavy atom. The third kappa shape index (κ3) is 4.24. The number of nitrogens with one attached hydrogen (secondary N) is 1. The molecule has 1 aromatic carbocycles. The van der Waals surface area contributed by atoms with E-state index in [1.54, 1.807) is 29.3 Å². The van der Waals surface area contributed by atoms with E-state index >= 15 is 0 Å². The normalized spacial score (nSPS) is 17.9. The average Bonchev–Trinajstić information content (AvgIpc) is 3.13. The Morgan fingerprint density at radius 3 is 2.85 bits per heavy atom. The van der Waals surface area contributed by atoms with E-state index in [0.717, 1.165) is 30.4 Å². The van der Waals surface area contributed by atoms with E-state index in [1.165, 1.54) is 4.31 Å². The molecule has 2 heterocycles. The van der Waals surface area contributed by atoms with Crippen molar-refractivity contribution in [1.29, 1.82) is 0 Å². The lowest BCUT2D eigenvalue weighted by molar-refractivity contribution is -0.130. The van der Waals surface area contributed by atoms with E-state index < -0.39 is 10.0 Å². The molecule has 7 nitrogen and oxygen atoms in total. The van der Waals surface area contributed by atoms with Crippen molar-refractivity contribution < 1.29 is 13.2 Å². The maximum atomic E-state index is 12.8. The van der Waals surface area contributed by atoms with Crippen LogP contribution in [0.25, 0.3) is 0 Å². The minimum absolute atomic E-state index is 0.179. The number of carbonyl (C=O) groups is 1. The number of hydrogen-bond acceptors (Lipinski definition) is 4. The number of H-pyrrole nitrogens is 1. The van der Waals surface area contributed by atoms with Crippen LogP contribution in [0.15, 0.2) is 36.5 Å². The van der Waals surface area contributed by atoms with Crippen molar-refractivity contribution in [3.8, 4) is 0 Å². The van der Waals surface area contributed by atoms with Gasteiger partial charge in [0, 0.05) is 30.9 Å². The van der Waals surface area contributed by atoms with Gasteiger partial charge in [-0.3, -0.25) is 14.2 Å². The fourth-order valence-electron chi connectivity index (χ4n) is 3.36. The molecule has 1 N–H and O–H groups in total. The molecule has 1 fully saturated rings. The van der Waals surface area contributed by atoms with Gasteiger partial charge in [-0.1, -0.05) is 12.1 Å². The minimum atomic E-state index is -3.56. The number of hydrogen-bond donors (Lipinski definition) is 1. The monoisotopic (exact) mass is 376 g/mol. The molecule has 0 radical (unpaired) electrons. The first-order valence-corrected chi connectivity index (χ1v) is 10.5. The second-order valence-corrected chi connectivity index (χ2v) is 8.71. The molecule has 0 aliphatic carbocycles. The average molecular weight is 376 g/mol. The summed E-state index contributed by atoms with van der Waals surface area (Å²) in [5, 5.41) is 6.95. The number of sulfonamides is 1. The Kier molecular flexibility index (Phi) is 5.31. The molecular weight excluding hydrogens is 352 g/mol. The fraction of sp³-hybridized carbons (Fsp3) is 0.444. The Hall–Kier alpha value is -2.35. The zero-order valence-corrected chi connectivity index (χ0v) is 15.9. The van der Waals surface area contributed by atoms with Gasteiger partial charge in [-0.15, -0.1) is 0 Å². The van der Waals surface area contributed by atoms with Gasteiger partial charge < -0.3 is 4.90 Å². The van der Waals surface area contributed by atoms with E-state index in [0.29, 0.717) is 18.8 Å². The summed E-state index contributed by atoms with van der Waals surface area (Å²) in [6, 6.07) is 9.10. The summed E-state index contributed by atoms with van der Waals surface area (Å²) >= 11 is 0. The SMILES string of the molecule is Cc1cccc(N(CC(=O)N2CCCC(c3ccn[nH]3)C2)S(C)(=O)=O)c1. The molecule has 140 valence electrons. The molecule has 26 heavy (non-hydrogen) atoms. The van der Waals surface area contributed by atoms with E-state index in [2.05, 4.69) is 10.2 Å². The summed E-state index contributed by atoms with van der Waals surface area (Å²) in [4.78, 5) is 14.6. The maximum Gasteiger partial charge on any atom is 0.243 e. The van der Waals surface area contributed by atoms with Gasteiger partial charge in [-0.05, 0) is 43.5 Å². The largest absolute Gasteiger partial charge is 0.340 e. The Labute approximate surface area is 154 Å². The highest BCUT2D eigenvalue weighted by molar-refractivity contribution is 7.92. The minimum Gasteiger partial charge on any atom is -0.340 e. The Balaban J connectivity index is 1.75. The number of likely N-dealkylation sites (tertiary alicyclic amines) is 1. The van der Waals surface area contributed by atoms with Gasteiger partial charge in [0.25, 0.3) is 0 Å². The van der Waals surface area contributed by atoms with Gasteiger partial charge in [0.1, 0.15) is 6.54 Å². The Bertz CT molecular complexity index is 864. The first-order valence-electron chi connectivity index (χ1n) is 8.66. The van der Waals surface area contributed by atoms with Crippen LogP contribution in [-0.2, 0) is 14.8 Å². The van der Waals surface area contributed by atoms with Gasteiger partial charge in [-0.2, -0.15) is 5.10 Å². The number of carbonyl (C=O) groups excluding carboxylic acids is 1. The molecule has 1 saturated heterocycles. The van der Waals surface area contributed by atoms with Crippen LogP contribution >= 0.6 is 0 Å². The summed E-state index contributed by atoms with van der Waals surface area (Å²) in [7, 11) is -3.56. The highest BCUT2D eigenvalue weighted by Crippen LogP contribution is 2.26. The predicted molar refractivity (Wildman–Crippen MR) is 101 cm³/mol. The van der Waals surface area contributed by atoms with Crippen LogP contribution in [0.5, 0.6) is 0 Å². The summed E-state index contributed by atoms with van der Waals surface area (Å²) in [6.45, 7) is 2.94. The molecule has 0 saturated carbocycles. The van der Waals surface area contributed by atoms with Gasteiger partial charge in [0.05, 0.1) is 11.9 Å². The van der Waals surface area contributed by atoms with Gasteiger partial charge in [0.15, 0.2) is 0 Å². The summed E-state index contributed by atoms with van der Waals surface area (Å²) in [6.07, 6.45) is 4.71. The standard InChI is InChI=1S/C18H24N4O3S/c1-14-5-3-7-16(11-14)22(26(2,24)25)13-18(23)21-10-4-6-15(12-21)17-8-9-19-20-17/h3,5,7-9,11,15H,4,6,10,12-13H2,1-2H3,(H,19,20). The zero-order valence-electron chi connectivity index (χ0n) is 15.1. The number of aromatic nitrogens is 2. The summed E-state index contributed by atoms with van der Waals surface area (Å²) < 4.78 is 25.7. The van der Waals surface area contributed by atoms with Crippen LogP contribution in [0, 0.1) is 6.92 Å². The van der Waals surface area contributed by atoms with Crippen LogP contribution in [0.3, 0.4) is 0 Å². The van der Waals surface area contributed by atoms with Gasteiger partial charge in [-0.25, -0.2) is 8.42 Å². The molecule has 3 rings (SSSR count). The first-order chi connectivity index (χ1) is 12.3. The van der Waals surface area contributed by atoms with Crippen molar-refractivity contribution in [2.75, 3.05) is 30.2 Å². The second kappa shape index (κ2) is 7.49. The molecule has 1 aliphatic rings. The molecule has 2 aromatic rings. The van der Waals surface area contributed by atoms with E-state index in [4.69, 9.17) is 0 Å². The molecule has 1 atom stereocenters. The number of amides is 1. The summed E-state index contributed by atoms with van der Waals surface area (Å²) in [5.41, 5.74) is 2.48. The zero-order chi connectivity index (χ0) is 18.7. The number of aromatic amines is 1. The highest BCUT2D eigenvalue weighted by Gasteiger charge is 2.29. The van der Waals surface area contributed by atoms with Crippen molar-refractivity contribution in [1.82, 2.24) is 15.1 Å². The molecule has 1 aromatic heterocycles. The van der Waals surface area contributed by atoms with E-state index in [9.17, 15) is 13.2 Å². The Morgan fingerprint density at radius 2 is 2.19 bits per heavy atom. The molecule has 1 aliphatic heterocycles. The van der Waals surface area contributed by atoms with Crippen LogP contribution in [0.4, 0.5) is 5.69 Å². The number of nitrogens with zero attached hydrogens (tertiary/aromatic N) is 3. The quantitative estimate of drug-likeness (QED) is 0.863. The van der Waals surface area contributed by atoms with Gasteiger partial charge >= 0.3 is 0 Å². The lowest BCUT2D eigenvalue weighted by Crippen LogP contribution is -2.46. The smallest absolute Gasteiger partial charge is 0.243 e. The van der Waals surface area contributed by atoms with Crippen LogP contribution < -0.4 is 4.31 Å².